The lowest BCUT2D eigenvalue weighted by atomic mass is 10.00. The Bertz CT molecular complexity index is 1580. The third-order valence-corrected chi connectivity index (χ3v) is 7.23. The summed E-state index contributed by atoms with van der Waals surface area (Å²) in [4.78, 5) is 23.0. The summed E-state index contributed by atoms with van der Waals surface area (Å²) < 4.78 is 5.46. The molecule has 3 heterocycles. The van der Waals surface area contributed by atoms with Gasteiger partial charge in [-0.25, -0.2) is 4.98 Å². The van der Waals surface area contributed by atoms with E-state index in [9.17, 15) is 4.79 Å². The van der Waals surface area contributed by atoms with Crippen LogP contribution in [0.25, 0.3) is 33.1 Å². The lowest BCUT2D eigenvalue weighted by Crippen LogP contribution is -2.48. The van der Waals surface area contributed by atoms with Crippen LogP contribution in [0.2, 0.25) is 0 Å². The number of piperazine rings is 1. The summed E-state index contributed by atoms with van der Waals surface area (Å²) >= 11 is 0. The van der Waals surface area contributed by atoms with Crippen LogP contribution in [0.5, 0.6) is 0 Å². The van der Waals surface area contributed by atoms with Gasteiger partial charge in [-0.3, -0.25) is 9.69 Å². The highest BCUT2D eigenvalue weighted by atomic mass is 16.5. The molecule has 5 aromatic rings. The minimum absolute atomic E-state index is 0.0604. The first-order valence-corrected chi connectivity index (χ1v) is 12.4. The van der Waals surface area contributed by atoms with Crippen molar-refractivity contribution in [2.45, 2.75) is 20.4 Å². The van der Waals surface area contributed by atoms with Crippen LogP contribution in [0.4, 0.5) is 0 Å². The number of carbonyl (C=O) groups excluding carboxylic acids is 1. The number of hydrogen-bond acceptors (Lipinski definition) is 5. The predicted octanol–water partition coefficient (Wildman–Crippen LogP) is 5.62. The van der Waals surface area contributed by atoms with Gasteiger partial charge in [-0.2, -0.15) is 0 Å². The van der Waals surface area contributed by atoms with Crippen LogP contribution in [0, 0.1) is 13.8 Å². The normalized spacial score (nSPS) is 14.6. The Kier molecular flexibility index (Phi) is 5.74. The van der Waals surface area contributed by atoms with E-state index in [1.807, 2.05) is 59.5 Å². The van der Waals surface area contributed by atoms with Crippen LogP contribution in [0.3, 0.4) is 0 Å². The van der Waals surface area contributed by atoms with E-state index in [0.29, 0.717) is 25.2 Å². The SMILES string of the molecule is Cc1ccc(-c2cc(C(=O)N3CCN(Cc4noc5ccccc45)CC3)c3ccccc3n2)cc1C. The Balaban J connectivity index is 1.24. The number of amides is 1. The molecule has 0 N–H and O–H groups in total. The second-order valence-corrected chi connectivity index (χ2v) is 9.57. The summed E-state index contributed by atoms with van der Waals surface area (Å²) in [6, 6.07) is 24.2. The maximum Gasteiger partial charge on any atom is 0.254 e. The average Bonchev–Trinajstić information content (AvgIpc) is 3.32. The van der Waals surface area contributed by atoms with Crippen LogP contribution in [-0.2, 0) is 6.54 Å². The zero-order valence-electron chi connectivity index (χ0n) is 20.6. The number of fused-ring (bicyclic) bond motifs is 2. The Morgan fingerprint density at radius 2 is 1.61 bits per heavy atom. The first-order valence-electron chi connectivity index (χ1n) is 12.4. The zero-order valence-corrected chi connectivity index (χ0v) is 20.6. The van der Waals surface area contributed by atoms with E-state index in [-0.39, 0.29) is 5.91 Å². The molecule has 1 amide bonds. The number of nitrogens with zero attached hydrogens (tertiary/aromatic N) is 4. The van der Waals surface area contributed by atoms with E-state index in [1.54, 1.807) is 0 Å². The van der Waals surface area contributed by atoms with Crippen molar-refractivity contribution in [3.05, 3.63) is 95.2 Å². The quantitative estimate of drug-likeness (QED) is 0.337. The Morgan fingerprint density at radius 3 is 2.42 bits per heavy atom. The predicted molar refractivity (Wildman–Crippen MR) is 142 cm³/mol. The third kappa shape index (κ3) is 4.14. The van der Waals surface area contributed by atoms with E-state index >= 15 is 0 Å². The van der Waals surface area contributed by atoms with Gasteiger partial charge < -0.3 is 9.42 Å². The topological polar surface area (TPSA) is 62.5 Å². The summed E-state index contributed by atoms with van der Waals surface area (Å²) in [5, 5.41) is 6.22. The summed E-state index contributed by atoms with van der Waals surface area (Å²) in [6.07, 6.45) is 0. The molecule has 6 heteroatoms. The number of benzene rings is 3. The number of carbonyl (C=O) groups is 1. The van der Waals surface area contributed by atoms with Crippen LogP contribution < -0.4 is 0 Å². The van der Waals surface area contributed by atoms with Crippen molar-refractivity contribution in [2.75, 3.05) is 26.2 Å². The standard InChI is InChI=1S/C30H28N4O2/c1-20-11-12-22(17-21(20)2)27-18-25(23-7-3-5-9-26(23)31-27)30(35)34-15-13-33(14-16-34)19-28-24-8-4-6-10-29(24)36-32-28/h3-12,17-18H,13-16,19H2,1-2H3. The fourth-order valence-electron chi connectivity index (χ4n) is 4.94. The van der Waals surface area contributed by atoms with Gasteiger partial charge in [0.05, 0.1) is 16.8 Å². The van der Waals surface area contributed by atoms with E-state index in [4.69, 9.17) is 9.51 Å². The number of para-hydroxylation sites is 2. The molecule has 1 aliphatic rings. The van der Waals surface area contributed by atoms with Crippen LogP contribution in [0.1, 0.15) is 27.2 Å². The van der Waals surface area contributed by atoms with Crippen molar-refractivity contribution in [1.29, 1.82) is 0 Å². The largest absolute Gasteiger partial charge is 0.356 e. The minimum Gasteiger partial charge on any atom is -0.356 e. The van der Waals surface area contributed by atoms with Crippen molar-refractivity contribution in [1.82, 2.24) is 19.9 Å². The highest BCUT2D eigenvalue weighted by Crippen LogP contribution is 2.28. The summed E-state index contributed by atoms with van der Waals surface area (Å²) in [5.41, 5.74) is 7.63. The summed E-state index contributed by atoms with van der Waals surface area (Å²) in [6.45, 7) is 7.85. The molecule has 1 saturated heterocycles. The smallest absolute Gasteiger partial charge is 0.254 e. The molecule has 0 radical (unpaired) electrons. The molecule has 1 fully saturated rings. The van der Waals surface area contributed by atoms with Crippen molar-refractivity contribution in [2.24, 2.45) is 0 Å². The minimum atomic E-state index is 0.0604. The Labute approximate surface area is 210 Å². The summed E-state index contributed by atoms with van der Waals surface area (Å²) in [7, 11) is 0. The molecule has 36 heavy (non-hydrogen) atoms. The molecule has 180 valence electrons. The molecule has 0 saturated carbocycles. The fourth-order valence-corrected chi connectivity index (χ4v) is 4.94. The van der Waals surface area contributed by atoms with Gasteiger partial charge in [0.2, 0.25) is 0 Å². The Hall–Kier alpha value is -4.03. The van der Waals surface area contributed by atoms with Gasteiger partial charge in [0.25, 0.3) is 5.91 Å². The van der Waals surface area contributed by atoms with E-state index < -0.39 is 0 Å². The van der Waals surface area contributed by atoms with E-state index in [2.05, 4.69) is 42.1 Å². The number of aryl methyl sites for hydroxylation is 2. The first-order chi connectivity index (χ1) is 17.6. The van der Waals surface area contributed by atoms with Gasteiger partial charge in [0, 0.05) is 49.1 Å². The average molecular weight is 477 g/mol. The number of hydrogen-bond donors (Lipinski definition) is 0. The maximum atomic E-state index is 13.8. The van der Waals surface area contributed by atoms with Crippen LogP contribution >= 0.6 is 0 Å². The zero-order chi connectivity index (χ0) is 24.6. The second-order valence-electron chi connectivity index (χ2n) is 9.57. The molecule has 0 aliphatic carbocycles. The fraction of sp³-hybridized carbons (Fsp3) is 0.233. The second kappa shape index (κ2) is 9.21. The summed E-state index contributed by atoms with van der Waals surface area (Å²) in [5.74, 6) is 0.0604. The van der Waals surface area contributed by atoms with Gasteiger partial charge in [0.15, 0.2) is 5.58 Å². The maximum absolute atomic E-state index is 13.8. The number of pyridine rings is 1. The van der Waals surface area contributed by atoms with Crippen LogP contribution in [-0.4, -0.2) is 52.0 Å². The van der Waals surface area contributed by atoms with Crippen molar-refractivity contribution < 1.29 is 9.32 Å². The number of rotatable bonds is 4. The van der Waals surface area contributed by atoms with Crippen molar-refractivity contribution in [3.63, 3.8) is 0 Å². The van der Waals surface area contributed by atoms with Crippen molar-refractivity contribution >= 4 is 27.8 Å². The van der Waals surface area contributed by atoms with Gasteiger partial charge in [0.1, 0.15) is 5.69 Å². The molecule has 0 spiro atoms. The first kappa shape index (κ1) is 22.4. The molecule has 3 aromatic carbocycles. The molecule has 0 atom stereocenters. The lowest BCUT2D eigenvalue weighted by molar-refractivity contribution is 0.0628. The third-order valence-electron chi connectivity index (χ3n) is 7.23. The molecule has 2 aromatic heterocycles. The van der Waals surface area contributed by atoms with Gasteiger partial charge in [-0.1, -0.05) is 47.6 Å². The molecular formula is C30H28N4O2. The number of aromatic nitrogens is 2. The van der Waals surface area contributed by atoms with Gasteiger partial charge in [-0.05, 0) is 55.3 Å². The van der Waals surface area contributed by atoms with Crippen LogP contribution in [0.15, 0.2) is 77.3 Å². The Morgan fingerprint density at radius 1 is 0.861 bits per heavy atom. The molecule has 1 aliphatic heterocycles. The van der Waals surface area contributed by atoms with E-state index in [0.717, 1.165) is 51.9 Å². The molecule has 0 unspecified atom stereocenters. The van der Waals surface area contributed by atoms with Gasteiger partial charge in [-0.15, -0.1) is 0 Å². The monoisotopic (exact) mass is 476 g/mol. The molecule has 6 nitrogen and oxygen atoms in total. The highest BCUT2D eigenvalue weighted by Gasteiger charge is 2.25. The van der Waals surface area contributed by atoms with Gasteiger partial charge >= 0.3 is 0 Å². The lowest BCUT2D eigenvalue weighted by Gasteiger charge is -2.34. The highest BCUT2D eigenvalue weighted by molar-refractivity contribution is 6.07. The van der Waals surface area contributed by atoms with E-state index in [1.165, 1.54) is 11.1 Å². The van der Waals surface area contributed by atoms with Crippen molar-refractivity contribution in [3.8, 4) is 11.3 Å². The molecular weight excluding hydrogens is 448 g/mol. The molecule has 6 rings (SSSR count). The molecule has 0 bridgehead atoms.